The van der Waals surface area contributed by atoms with Gasteiger partial charge in [0.05, 0.1) is 19.8 Å². The molecule has 0 aromatic carbocycles. The van der Waals surface area contributed by atoms with E-state index in [4.69, 9.17) is 9.73 Å². The molecular weight excluding hydrogens is 376 g/mol. The first-order valence-electron chi connectivity index (χ1n) is 12.5. The van der Waals surface area contributed by atoms with Crippen molar-refractivity contribution in [2.24, 2.45) is 4.99 Å². The van der Waals surface area contributed by atoms with Crippen molar-refractivity contribution in [3.63, 3.8) is 0 Å². The van der Waals surface area contributed by atoms with Crippen molar-refractivity contribution in [3.05, 3.63) is 0 Å². The molecule has 0 amide bonds. The Balaban J connectivity index is 1.43. The second-order valence-corrected chi connectivity index (χ2v) is 9.78. The maximum Gasteiger partial charge on any atom is 0.194 e. The molecular formula is C23H44N6O. The van der Waals surface area contributed by atoms with Gasteiger partial charge in [-0.15, -0.1) is 0 Å². The van der Waals surface area contributed by atoms with Crippen LogP contribution in [0.25, 0.3) is 0 Å². The Bertz CT molecular complexity index is 550. The summed E-state index contributed by atoms with van der Waals surface area (Å²) in [7, 11) is 2.27. The topological polar surface area (TPSA) is 46.6 Å². The molecule has 0 aromatic rings. The molecule has 1 atom stereocenters. The van der Waals surface area contributed by atoms with Gasteiger partial charge in [-0.2, -0.15) is 0 Å². The smallest absolute Gasteiger partial charge is 0.194 e. The molecule has 4 saturated heterocycles. The predicted octanol–water partition coefficient (Wildman–Crippen LogP) is 1.31. The van der Waals surface area contributed by atoms with Gasteiger partial charge in [0.1, 0.15) is 0 Å². The number of aliphatic imine (C=N–C) groups is 1. The summed E-state index contributed by atoms with van der Waals surface area (Å²) in [5.41, 5.74) is 0.261. The zero-order valence-electron chi connectivity index (χ0n) is 19.4. The number of guanidine groups is 1. The lowest BCUT2D eigenvalue weighted by Crippen LogP contribution is -2.58. The number of rotatable bonds is 5. The molecule has 7 nitrogen and oxygen atoms in total. The third-order valence-corrected chi connectivity index (χ3v) is 7.83. The standard InChI is InChI=1S/C23H44N6O/c1-3-24-22(28-12-7-21(19-28)27-15-17-30-18-16-27)25-20-23(8-13-26(2)14-9-23)29-10-5-4-6-11-29/h21H,3-20H2,1-2H3,(H,24,25). The minimum Gasteiger partial charge on any atom is -0.379 e. The van der Waals surface area contributed by atoms with Crippen LogP contribution in [0.5, 0.6) is 0 Å². The molecule has 0 aliphatic carbocycles. The molecule has 0 saturated carbocycles. The highest BCUT2D eigenvalue weighted by Crippen LogP contribution is 2.32. The molecule has 0 radical (unpaired) electrons. The zero-order valence-corrected chi connectivity index (χ0v) is 19.4. The Labute approximate surface area is 183 Å². The molecule has 0 spiro atoms. The molecule has 1 N–H and O–H groups in total. The first-order chi connectivity index (χ1) is 14.7. The third kappa shape index (κ3) is 5.29. The highest BCUT2D eigenvalue weighted by molar-refractivity contribution is 5.80. The van der Waals surface area contributed by atoms with Gasteiger partial charge in [0, 0.05) is 44.3 Å². The maximum atomic E-state index is 5.55. The minimum absolute atomic E-state index is 0.261. The van der Waals surface area contributed by atoms with E-state index in [-0.39, 0.29) is 5.54 Å². The molecule has 4 fully saturated rings. The molecule has 4 aliphatic rings. The Morgan fingerprint density at radius 2 is 1.73 bits per heavy atom. The molecule has 30 heavy (non-hydrogen) atoms. The number of piperidine rings is 2. The van der Waals surface area contributed by atoms with Gasteiger partial charge in [-0.3, -0.25) is 14.8 Å². The summed E-state index contributed by atoms with van der Waals surface area (Å²) < 4.78 is 5.55. The predicted molar refractivity (Wildman–Crippen MR) is 123 cm³/mol. The van der Waals surface area contributed by atoms with Crippen LogP contribution < -0.4 is 5.32 Å². The summed E-state index contributed by atoms with van der Waals surface area (Å²) in [6.07, 6.45) is 7.86. The van der Waals surface area contributed by atoms with E-state index in [1.807, 2.05) is 0 Å². The Hall–Kier alpha value is -0.890. The van der Waals surface area contributed by atoms with E-state index < -0.39 is 0 Å². The van der Waals surface area contributed by atoms with Crippen LogP contribution in [-0.2, 0) is 4.74 Å². The highest BCUT2D eigenvalue weighted by Gasteiger charge is 2.40. The van der Waals surface area contributed by atoms with Gasteiger partial charge in [0.25, 0.3) is 0 Å². The van der Waals surface area contributed by atoms with Gasteiger partial charge < -0.3 is 19.9 Å². The molecule has 1 unspecified atom stereocenters. The van der Waals surface area contributed by atoms with Crippen LogP contribution in [-0.4, -0.2) is 123 Å². The summed E-state index contributed by atoms with van der Waals surface area (Å²) in [6.45, 7) is 15.2. The fourth-order valence-electron chi connectivity index (χ4n) is 5.80. The van der Waals surface area contributed by atoms with E-state index in [1.165, 1.54) is 64.7 Å². The molecule has 7 heteroatoms. The first-order valence-corrected chi connectivity index (χ1v) is 12.5. The second-order valence-electron chi connectivity index (χ2n) is 9.78. The lowest BCUT2D eigenvalue weighted by Gasteiger charge is -2.49. The maximum absolute atomic E-state index is 5.55. The van der Waals surface area contributed by atoms with Gasteiger partial charge in [-0.05, 0) is 72.3 Å². The largest absolute Gasteiger partial charge is 0.379 e. The number of nitrogens with one attached hydrogen (secondary N) is 1. The summed E-state index contributed by atoms with van der Waals surface area (Å²) >= 11 is 0. The lowest BCUT2D eigenvalue weighted by molar-refractivity contribution is 0.0190. The van der Waals surface area contributed by atoms with E-state index in [9.17, 15) is 0 Å². The van der Waals surface area contributed by atoms with Crippen molar-refractivity contribution in [2.45, 2.75) is 57.0 Å². The van der Waals surface area contributed by atoms with Crippen LogP contribution in [0.3, 0.4) is 0 Å². The van der Waals surface area contributed by atoms with Gasteiger partial charge in [0.15, 0.2) is 5.96 Å². The SMILES string of the molecule is CCNC(=NCC1(N2CCCCC2)CCN(C)CC1)N1CCC(N2CCOCC2)C1. The number of nitrogens with zero attached hydrogens (tertiary/aromatic N) is 5. The highest BCUT2D eigenvalue weighted by atomic mass is 16.5. The van der Waals surface area contributed by atoms with Gasteiger partial charge in [-0.1, -0.05) is 6.42 Å². The monoisotopic (exact) mass is 420 g/mol. The number of hydrogen-bond acceptors (Lipinski definition) is 5. The molecule has 4 rings (SSSR count). The molecule has 0 aromatic heterocycles. The van der Waals surface area contributed by atoms with Gasteiger partial charge in [-0.25, -0.2) is 0 Å². The van der Waals surface area contributed by atoms with Gasteiger partial charge >= 0.3 is 0 Å². The second kappa shape index (κ2) is 10.6. The fourth-order valence-corrected chi connectivity index (χ4v) is 5.80. The van der Waals surface area contributed by atoms with E-state index >= 15 is 0 Å². The van der Waals surface area contributed by atoms with E-state index in [0.29, 0.717) is 6.04 Å². The van der Waals surface area contributed by atoms with Crippen molar-refractivity contribution in [1.82, 2.24) is 24.9 Å². The van der Waals surface area contributed by atoms with Crippen molar-refractivity contribution in [1.29, 1.82) is 0 Å². The Morgan fingerprint density at radius 3 is 2.43 bits per heavy atom. The normalized spacial score (nSPS) is 30.0. The number of morpholine rings is 1. The molecule has 4 heterocycles. The van der Waals surface area contributed by atoms with Crippen LogP contribution in [0, 0.1) is 0 Å². The summed E-state index contributed by atoms with van der Waals surface area (Å²) in [4.78, 5) is 15.7. The summed E-state index contributed by atoms with van der Waals surface area (Å²) in [6, 6.07) is 0.650. The van der Waals surface area contributed by atoms with E-state index in [1.54, 1.807) is 0 Å². The van der Waals surface area contributed by atoms with Crippen LogP contribution in [0.15, 0.2) is 4.99 Å². The summed E-state index contributed by atoms with van der Waals surface area (Å²) in [5, 5.41) is 3.62. The van der Waals surface area contributed by atoms with Crippen molar-refractivity contribution in [3.8, 4) is 0 Å². The average Bonchev–Trinajstić information content (AvgIpc) is 3.29. The number of ether oxygens (including phenoxy) is 1. The minimum atomic E-state index is 0.261. The van der Waals surface area contributed by atoms with Crippen LogP contribution in [0.2, 0.25) is 0 Å². The summed E-state index contributed by atoms with van der Waals surface area (Å²) in [5.74, 6) is 1.14. The van der Waals surface area contributed by atoms with Crippen molar-refractivity contribution < 1.29 is 4.74 Å². The quantitative estimate of drug-likeness (QED) is 0.535. The number of likely N-dealkylation sites (tertiary alicyclic amines) is 3. The third-order valence-electron chi connectivity index (χ3n) is 7.83. The average molecular weight is 421 g/mol. The van der Waals surface area contributed by atoms with Gasteiger partial charge in [0.2, 0.25) is 0 Å². The van der Waals surface area contributed by atoms with E-state index in [0.717, 1.165) is 58.4 Å². The molecule has 0 bridgehead atoms. The van der Waals surface area contributed by atoms with Crippen LogP contribution in [0.1, 0.15) is 45.4 Å². The first kappa shape index (κ1) is 22.3. The van der Waals surface area contributed by atoms with Crippen LogP contribution in [0.4, 0.5) is 0 Å². The zero-order chi connectivity index (χ0) is 20.8. The Kier molecular flexibility index (Phi) is 7.90. The number of hydrogen-bond donors (Lipinski definition) is 1. The Morgan fingerprint density at radius 1 is 1.00 bits per heavy atom. The van der Waals surface area contributed by atoms with E-state index in [2.05, 4.69) is 38.9 Å². The van der Waals surface area contributed by atoms with Crippen LogP contribution >= 0.6 is 0 Å². The van der Waals surface area contributed by atoms with Crippen molar-refractivity contribution in [2.75, 3.05) is 85.7 Å². The fraction of sp³-hybridized carbons (Fsp3) is 0.957. The lowest BCUT2D eigenvalue weighted by atomic mass is 9.84. The van der Waals surface area contributed by atoms with Crippen molar-refractivity contribution >= 4 is 5.96 Å². The molecule has 172 valence electrons. The molecule has 4 aliphatic heterocycles.